The van der Waals surface area contributed by atoms with Gasteiger partial charge in [0.05, 0.1) is 5.69 Å². The van der Waals surface area contributed by atoms with E-state index in [1.807, 2.05) is 47.4 Å². The molecule has 7 heteroatoms. The van der Waals surface area contributed by atoms with E-state index in [-0.39, 0.29) is 5.91 Å². The lowest BCUT2D eigenvalue weighted by molar-refractivity contribution is -0.113. The van der Waals surface area contributed by atoms with Crippen molar-refractivity contribution in [3.63, 3.8) is 0 Å². The number of pyridine rings is 1. The molecule has 0 spiro atoms. The first-order chi connectivity index (χ1) is 10.1. The highest BCUT2D eigenvalue weighted by Crippen LogP contribution is 2.18. The fourth-order valence-electron chi connectivity index (χ4n) is 1.85. The van der Waals surface area contributed by atoms with Crippen LogP contribution in [-0.2, 0) is 11.8 Å². The first-order valence-corrected chi connectivity index (χ1v) is 7.40. The molecule has 0 aliphatic rings. The fraction of sp³-hybridized carbons (Fsp3) is 0.0714. The first-order valence-electron chi connectivity index (χ1n) is 6.14. The number of imidazole rings is 1. The van der Waals surface area contributed by atoms with Crippen LogP contribution in [0.15, 0.2) is 47.0 Å². The normalized spacial score (nSPS) is 12.6. The number of aromatic nitrogens is 3. The molecule has 0 saturated heterocycles. The number of halogens is 1. The van der Waals surface area contributed by atoms with Gasteiger partial charge in [-0.1, -0.05) is 17.7 Å². The topological polar surface area (TPSA) is 51.7 Å². The van der Waals surface area contributed by atoms with Crippen molar-refractivity contribution in [3.05, 3.63) is 57.7 Å². The van der Waals surface area contributed by atoms with Gasteiger partial charge in [0.25, 0.3) is 5.91 Å². The molecule has 0 unspecified atom stereocenters. The third-order valence-electron chi connectivity index (χ3n) is 2.87. The SMILES string of the molecule is Cn1ccsc1=NC(=O)C=Cc1c(Cl)nc2ccccn12. The highest BCUT2D eigenvalue weighted by atomic mass is 35.5. The van der Waals surface area contributed by atoms with Crippen LogP contribution in [0.25, 0.3) is 11.7 Å². The van der Waals surface area contributed by atoms with Crippen molar-refractivity contribution in [3.8, 4) is 0 Å². The molecular weight excluding hydrogens is 308 g/mol. The van der Waals surface area contributed by atoms with Gasteiger partial charge in [-0.25, -0.2) is 4.98 Å². The molecule has 3 rings (SSSR count). The molecule has 0 aromatic carbocycles. The summed E-state index contributed by atoms with van der Waals surface area (Å²) in [5, 5.41) is 2.23. The molecule has 3 aromatic rings. The van der Waals surface area contributed by atoms with Gasteiger partial charge < -0.3 is 4.57 Å². The Labute approximate surface area is 129 Å². The molecule has 3 aromatic heterocycles. The van der Waals surface area contributed by atoms with Crippen molar-refractivity contribution in [1.82, 2.24) is 14.0 Å². The molecule has 0 bridgehead atoms. The average molecular weight is 319 g/mol. The summed E-state index contributed by atoms with van der Waals surface area (Å²) in [5.74, 6) is -0.338. The number of nitrogens with zero attached hydrogens (tertiary/aromatic N) is 4. The van der Waals surface area contributed by atoms with E-state index in [1.165, 1.54) is 17.4 Å². The minimum absolute atomic E-state index is 0.338. The van der Waals surface area contributed by atoms with Crippen molar-refractivity contribution in [2.75, 3.05) is 0 Å². The summed E-state index contributed by atoms with van der Waals surface area (Å²) in [7, 11) is 1.84. The van der Waals surface area contributed by atoms with Crippen molar-refractivity contribution in [2.45, 2.75) is 0 Å². The van der Waals surface area contributed by atoms with Crippen LogP contribution in [0.4, 0.5) is 0 Å². The molecule has 21 heavy (non-hydrogen) atoms. The predicted molar refractivity (Wildman–Crippen MR) is 83.1 cm³/mol. The van der Waals surface area contributed by atoms with Gasteiger partial charge in [0, 0.05) is 30.9 Å². The molecule has 1 amide bonds. The lowest BCUT2D eigenvalue weighted by atomic mass is 10.4. The molecule has 0 fully saturated rings. The Morgan fingerprint density at radius 2 is 2.29 bits per heavy atom. The van der Waals surface area contributed by atoms with Crippen LogP contribution in [0.3, 0.4) is 0 Å². The van der Waals surface area contributed by atoms with Crippen LogP contribution in [0.2, 0.25) is 5.15 Å². The molecule has 0 saturated carbocycles. The van der Waals surface area contributed by atoms with Gasteiger partial charge in [0.2, 0.25) is 0 Å². The summed E-state index contributed by atoms with van der Waals surface area (Å²) in [4.78, 5) is 20.7. The number of carbonyl (C=O) groups excluding carboxylic acids is 1. The number of rotatable bonds is 2. The van der Waals surface area contributed by atoms with E-state index in [0.717, 1.165) is 5.65 Å². The summed E-state index contributed by atoms with van der Waals surface area (Å²) >= 11 is 7.50. The molecule has 0 radical (unpaired) electrons. The largest absolute Gasteiger partial charge is 0.327 e. The van der Waals surface area contributed by atoms with Crippen molar-refractivity contribution in [1.29, 1.82) is 0 Å². The van der Waals surface area contributed by atoms with Gasteiger partial charge in [-0.3, -0.25) is 9.20 Å². The summed E-state index contributed by atoms with van der Waals surface area (Å²) < 4.78 is 3.61. The van der Waals surface area contributed by atoms with E-state index in [4.69, 9.17) is 11.6 Å². The van der Waals surface area contributed by atoms with Crippen LogP contribution in [0.1, 0.15) is 5.69 Å². The Balaban J connectivity index is 1.94. The number of aryl methyl sites for hydroxylation is 1. The Morgan fingerprint density at radius 3 is 3.05 bits per heavy atom. The maximum Gasteiger partial charge on any atom is 0.272 e. The molecule has 0 N–H and O–H groups in total. The van der Waals surface area contributed by atoms with Crippen LogP contribution in [0.5, 0.6) is 0 Å². The summed E-state index contributed by atoms with van der Waals surface area (Å²) in [6.45, 7) is 0. The second kappa shape index (κ2) is 5.67. The Hall–Kier alpha value is -2.18. The van der Waals surface area contributed by atoms with E-state index in [0.29, 0.717) is 15.6 Å². The maximum absolute atomic E-state index is 11.9. The molecule has 5 nitrogen and oxygen atoms in total. The number of fused-ring (bicyclic) bond motifs is 1. The summed E-state index contributed by atoms with van der Waals surface area (Å²) in [5.41, 5.74) is 1.39. The van der Waals surface area contributed by atoms with Crippen LogP contribution >= 0.6 is 22.9 Å². The number of thiazole rings is 1. The predicted octanol–water partition coefficient (Wildman–Crippen LogP) is 2.53. The van der Waals surface area contributed by atoms with Crippen molar-refractivity contribution >= 4 is 40.6 Å². The molecule has 3 heterocycles. The molecule has 0 atom stereocenters. The molecule has 0 aliphatic heterocycles. The third-order valence-corrected chi connectivity index (χ3v) is 4.00. The van der Waals surface area contributed by atoms with Crippen molar-refractivity contribution in [2.24, 2.45) is 12.0 Å². The lowest BCUT2D eigenvalue weighted by Gasteiger charge is -1.94. The van der Waals surface area contributed by atoms with Gasteiger partial charge >= 0.3 is 0 Å². The van der Waals surface area contributed by atoms with Crippen LogP contribution < -0.4 is 4.80 Å². The van der Waals surface area contributed by atoms with Crippen LogP contribution in [0, 0.1) is 0 Å². The first kappa shape index (κ1) is 13.8. The standard InChI is InChI=1S/C14H11ClN4OS/c1-18-8-9-21-14(18)17-12(20)6-5-10-13(15)16-11-4-2-3-7-19(10)11/h2-9H,1H3. The minimum Gasteiger partial charge on any atom is -0.327 e. The lowest BCUT2D eigenvalue weighted by Crippen LogP contribution is -2.11. The third kappa shape index (κ3) is 2.81. The second-order valence-electron chi connectivity index (χ2n) is 4.30. The highest BCUT2D eigenvalue weighted by molar-refractivity contribution is 7.07. The zero-order chi connectivity index (χ0) is 14.8. The Bertz CT molecular complexity index is 903. The van der Waals surface area contributed by atoms with Gasteiger partial charge in [-0.2, -0.15) is 4.99 Å². The zero-order valence-electron chi connectivity index (χ0n) is 11.1. The fourth-order valence-corrected chi connectivity index (χ4v) is 2.83. The van der Waals surface area contributed by atoms with E-state index < -0.39 is 0 Å². The average Bonchev–Trinajstić information content (AvgIpc) is 3.00. The van der Waals surface area contributed by atoms with E-state index in [2.05, 4.69) is 9.98 Å². The maximum atomic E-state index is 11.9. The summed E-state index contributed by atoms with van der Waals surface area (Å²) in [6.07, 6.45) is 6.71. The van der Waals surface area contributed by atoms with Gasteiger partial charge in [-0.05, 0) is 18.2 Å². The number of amides is 1. The van der Waals surface area contributed by atoms with Crippen LogP contribution in [-0.4, -0.2) is 19.9 Å². The highest BCUT2D eigenvalue weighted by Gasteiger charge is 2.07. The van der Waals surface area contributed by atoms with E-state index in [1.54, 1.807) is 10.6 Å². The van der Waals surface area contributed by atoms with E-state index in [9.17, 15) is 4.79 Å². The molecule has 0 aliphatic carbocycles. The van der Waals surface area contributed by atoms with Gasteiger partial charge in [0.15, 0.2) is 9.95 Å². The monoisotopic (exact) mass is 318 g/mol. The molecular formula is C14H11ClN4OS. The van der Waals surface area contributed by atoms with Crippen molar-refractivity contribution < 1.29 is 4.79 Å². The molecule has 106 valence electrons. The minimum atomic E-state index is -0.338. The number of hydrogen-bond acceptors (Lipinski definition) is 3. The Morgan fingerprint density at radius 1 is 1.43 bits per heavy atom. The van der Waals surface area contributed by atoms with Gasteiger partial charge in [0.1, 0.15) is 5.65 Å². The quantitative estimate of drug-likeness (QED) is 0.682. The number of carbonyl (C=O) groups is 1. The smallest absolute Gasteiger partial charge is 0.272 e. The second-order valence-corrected chi connectivity index (χ2v) is 5.53. The number of hydrogen-bond donors (Lipinski definition) is 0. The van der Waals surface area contributed by atoms with Gasteiger partial charge in [-0.15, -0.1) is 11.3 Å². The Kier molecular flexibility index (Phi) is 3.72. The summed E-state index contributed by atoms with van der Waals surface area (Å²) in [6, 6.07) is 5.60. The zero-order valence-corrected chi connectivity index (χ0v) is 12.7. The van der Waals surface area contributed by atoms with E-state index >= 15 is 0 Å².